The Morgan fingerprint density at radius 1 is 1.32 bits per heavy atom. The number of amides is 1. The summed E-state index contributed by atoms with van der Waals surface area (Å²) in [5.41, 5.74) is 1.62. The van der Waals surface area contributed by atoms with E-state index in [1.165, 1.54) is 19.3 Å². The number of benzene rings is 1. The van der Waals surface area contributed by atoms with E-state index < -0.39 is 0 Å². The van der Waals surface area contributed by atoms with Gasteiger partial charge in [0.1, 0.15) is 0 Å². The minimum atomic E-state index is -0.00360. The predicted octanol–water partition coefficient (Wildman–Crippen LogP) is 4.47. The zero-order valence-electron chi connectivity index (χ0n) is 11.1. The highest BCUT2D eigenvalue weighted by atomic mass is 79.9. The Bertz CT molecular complexity index is 463. The van der Waals surface area contributed by atoms with Crippen LogP contribution in [-0.4, -0.2) is 16.8 Å². The van der Waals surface area contributed by atoms with Crippen molar-refractivity contribution in [2.75, 3.05) is 0 Å². The van der Waals surface area contributed by atoms with E-state index in [4.69, 9.17) is 11.6 Å². The lowest BCUT2D eigenvalue weighted by Crippen LogP contribution is -2.40. The van der Waals surface area contributed by atoms with Crippen LogP contribution in [0.1, 0.15) is 48.0 Å². The Kier molecular flexibility index (Phi) is 5.28. The van der Waals surface area contributed by atoms with Crippen molar-refractivity contribution in [1.82, 2.24) is 5.32 Å². The van der Waals surface area contributed by atoms with Gasteiger partial charge in [0.2, 0.25) is 0 Å². The van der Waals surface area contributed by atoms with E-state index in [9.17, 15) is 4.79 Å². The van der Waals surface area contributed by atoms with Gasteiger partial charge >= 0.3 is 0 Å². The van der Waals surface area contributed by atoms with Crippen LogP contribution in [0, 0.1) is 6.92 Å². The van der Waals surface area contributed by atoms with Gasteiger partial charge in [0.15, 0.2) is 0 Å². The van der Waals surface area contributed by atoms with Gasteiger partial charge in [-0.2, -0.15) is 0 Å². The van der Waals surface area contributed by atoms with Crippen molar-refractivity contribution in [3.05, 3.63) is 34.3 Å². The molecule has 0 saturated heterocycles. The number of aryl methyl sites for hydroxylation is 1. The zero-order valence-corrected chi connectivity index (χ0v) is 13.4. The molecule has 104 valence electrons. The van der Waals surface area contributed by atoms with Gasteiger partial charge in [-0.15, -0.1) is 0 Å². The number of rotatable bonds is 2. The van der Waals surface area contributed by atoms with Gasteiger partial charge in [-0.25, -0.2) is 0 Å². The highest BCUT2D eigenvalue weighted by Crippen LogP contribution is 2.24. The molecule has 1 N–H and O–H groups in total. The Morgan fingerprint density at radius 2 is 2.05 bits per heavy atom. The van der Waals surface area contributed by atoms with E-state index in [0.29, 0.717) is 15.4 Å². The summed E-state index contributed by atoms with van der Waals surface area (Å²) in [6, 6.07) is 5.64. The molecule has 0 aliphatic heterocycles. The van der Waals surface area contributed by atoms with Crippen LogP contribution in [0.15, 0.2) is 18.2 Å². The molecule has 2 nitrogen and oxygen atoms in total. The van der Waals surface area contributed by atoms with Crippen molar-refractivity contribution in [3.8, 4) is 0 Å². The molecule has 0 aromatic heterocycles. The molecule has 1 aliphatic rings. The summed E-state index contributed by atoms with van der Waals surface area (Å²) >= 11 is 9.68. The van der Waals surface area contributed by atoms with Crippen LogP contribution in [-0.2, 0) is 0 Å². The first-order valence-electron chi connectivity index (χ1n) is 6.79. The molecule has 0 radical (unpaired) electrons. The second kappa shape index (κ2) is 6.76. The molecular formula is C15H19BrClNO. The fourth-order valence-electron chi connectivity index (χ4n) is 2.46. The number of nitrogens with one attached hydrogen (secondary N) is 1. The third-order valence-corrected chi connectivity index (χ3v) is 5.19. The Labute approximate surface area is 128 Å². The minimum Gasteiger partial charge on any atom is -0.348 e. The second-order valence-corrected chi connectivity index (χ2v) is 6.78. The van der Waals surface area contributed by atoms with Crippen molar-refractivity contribution in [2.24, 2.45) is 0 Å². The number of carbonyl (C=O) groups is 1. The lowest BCUT2D eigenvalue weighted by atomic mass is 10.1. The summed E-state index contributed by atoms with van der Waals surface area (Å²) in [6.07, 6.45) is 5.86. The Hall–Kier alpha value is -0.540. The summed E-state index contributed by atoms with van der Waals surface area (Å²) in [4.78, 5) is 12.6. The fourth-order valence-corrected chi connectivity index (χ4v) is 3.30. The SMILES string of the molecule is Cc1cc(C(=O)NC2CCCCCC2Br)ccc1Cl. The molecule has 1 aromatic carbocycles. The molecule has 2 atom stereocenters. The predicted molar refractivity (Wildman–Crippen MR) is 83.2 cm³/mol. The van der Waals surface area contributed by atoms with Crippen LogP contribution in [0.25, 0.3) is 0 Å². The lowest BCUT2D eigenvalue weighted by Gasteiger charge is -2.21. The molecule has 1 amide bonds. The number of halogens is 2. The molecule has 2 unspecified atom stereocenters. The van der Waals surface area contributed by atoms with E-state index >= 15 is 0 Å². The Balaban J connectivity index is 2.05. The molecule has 2 rings (SSSR count). The standard InChI is InChI=1S/C15H19BrClNO/c1-10-9-11(7-8-13(10)17)15(19)18-14-6-4-2-3-5-12(14)16/h7-9,12,14H,2-6H2,1H3,(H,18,19). The van der Waals surface area contributed by atoms with Crippen molar-refractivity contribution in [3.63, 3.8) is 0 Å². The molecule has 1 aliphatic carbocycles. The zero-order chi connectivity index (χ0) is 13.8. The summed E-state index contributed by atoms with van der Waals surface area (Å²) < 4.78 is 0. The molecule has 0 bridgehead atoms. The summed E-state index contributed by atoms with van der Waals surface area (Å²) in [5.74, 6) is -0.00360. The maximum Gasteiger partial charge on any atom is 0.251 e. The van der Waals surface area contributed by atoms with Gasteiger partial charge in [0, 0.05) is 21.5 Å². The van der Waals surface area contributed by atoms with E-state index in [-0.39, 0.29) is 11.9 Å². The van der Waals surface area contributed by atoms with E-state index in [0.717, 1.165) is 18.4 Å². The van der Waals surface area contributed by atoms with Gasteiger partial charge in [-0.1, -0.05) is 46.8 Å². The van der Waals surface area contributed by atoms with Gasteiger partial charge in [-0.3, -0.25) is 4.79 Å². The van der Waals surface area contributed by atoms with Gasteiger partial charge in [0.05, 0.1) is 0 Å². The highest BCUT2D eigenvalue weighted by molar-refractivity contribution is 9.09. The molecule has 0 spiro atoms. The van der Waals surface area contributed by atoms with Crippen molar-refractivity contribution >= 4 is 33.4 Å². The first-order chi connectivity index (χ1) is 9.08. The highest BCUT2D eigenvalue weighted by Gasteiger charge is 2.23. The van der Waals surface area contributed by atoms with Crippen molar-refractivity contribution in [2.45, 2.75) is 49.9 Å². The first kappa shape index (κ1) is 14.9. The van der Waals surface area contributed by atoms with Crippen LogP contribution in [0.4, 0.5) is 0 Å². The molecule has 1 saturated carbocycles. The van der Waals surface area contributed by atoms with Crippen LogP contribution in [0.5, 0.6) is 0 Å². The van der Waals surface area contributed by atoms with E-state index in [1.807, 2.05) is 13.0 Å². The number of hydrogen-bond acceptors (Lipinski definition) is 1. The third kappa shape index (κ3) is 3.96. The molecule has 1 fully saturated rings. The Morgan fingerprint density at radius 3 is 2.79 bits per heavy atom. The maximum absolute atomic E-state index is 12.3. The number of hydrogen-bond donors (Lipinski definition) is 1. The van der Waals surface area contributed by atoms with Crippen molar-refractivity contribution < 1.29 is 4.79 Å². The quantitative estimate of drug-likeness (QED) is 0.622. The average molecular weight is 345 g/mol. The van der Waals surface area contributed by atoms with Gasteiger partial charge < -0.3 is 5.32 Å². The van der Waals surface area contributed by atoms with Crippen LogP contribution in [0.3, 0.4) is 0 Å². The number of carbonyl (C=O) groups excluding carboxylic acids is 1. The summed E-state index contributed by atoms with van der Waals surface area (Å²) in [5, 5.41) is 3.84. The monoisotopic (exact) mass is 343 g/mol. The fraction of sp³-hybridized carbons (Fsp3) is 0.533. The summed E-state index contributed by atoms with van der Waals surface area (Å²) in [7, 11) is 0. The molecule has 0 heterocycles. The van der Waals surface area contributed by atoms with Crippen molar-refractivity contribution in [1.29, 1.82) is 0 Å². The first-order valence-corrected chi connectivity index (χ1v) is 8.08. The average Bonchev–Trinajstić information content (AvgIpc) is 2.58. The normalized spacial score (nSPS) is 23.7. The topological polar surface area (TPSA) is 29.1 Å². The van der Waals surface area contributed by atoms with E-state index in [1.54, 1.807) is 12.1 Å². The number of alkyl halides is 1. The van der Waals surface area contributed by atoms with Crippen LogP contribution < -0.4 is 5.32 Å². The van der Waals surface area contributed by atoms with Gasteiger partial charge in [0.25, 0.3) is 5.91 Å². The molecule has 1 aromatic rings. The summed E-state index contributed by atoms with van der Waals surface area (Å²) in [6.45, 7) is 1.91. The molecular weight excluding hydrogens is 326 g/mol. The van der Waals surface area contributed by atoms with E-state index in [2.05, 4.69) is 21.2 Å². The molecule has 4 heteroatoms. The third-order valence-electron chi connectivity index (χ3n) is 3.67. The lowest BCUT2D eigenvalue weighted by molar-refractivity contribution is 0.0935. The maximum atomic E-state index is 12.3. The van der Waals surface area contributed by atoms with Gasteiger partial charge in [-0.05, 0) is 43.5 Å². The minimum absolute atomic E-state index is 0.00360. The molecule has 19 heavy (non-hydrogen) atoms. The van der Waals surface area contributed by atoms with Crippen LogP contribution in [0.2, 0.25) is 5.02 Å². The largest absolute Gasteiger partial charge is 0.348 e. The smallest absolute Gasteiger partial charge is 0.251 e. The second-order valence-electron chi connectivity index (χ2n) is 5.20. The van der Waals surface area contributed by atoms with Crippen LogP contribution >= 0.6 is 27.5 Å².